The van der Waals surface area contributed by atoms with E-state index < -0.39 is 0 Å². The van der Waals surface area contributed by atoms with Crippen LogP contribution in [0.25, 0.3) is 0 Å². The number of ether oxygens (including phenoxy) is 1. The van der Waals surface area contributed by atoms with Gasteiger partial charge in [-0.2, -0.15) is 0 Å². The number of amides is 1. The monoisotopic (exact) mass is 314 g/mol. The average Bonchev–Trinajstić information content (AvgIpc) is 2.56. The smallest absolute Gasteiger partial charge is 0.239 e. The Labute approximate surface area is 134 Å². The summed E-state index contributed by atoms with van der Waals surface area (Å²) in [4.78, 5) is 12.2. The minimum absolute atomic E-state index is 0.0529. The van der Waals surface area contributed by atoms with Gasteiger partial charge in [0, 0.05) is 17.7 Å². The van der Waals surface area contributed by atoms with Gasteiger partial charge in [-0.15, -0.1) is 0 Å². The molecule has 4 nitrogen and oxygen atoms in total. The molecule has 120 valence electrons. The number of fused-ring (bicyclic) bond motifs is 1. The quantitative estimate of drug-likeness (QED) is 0.911. The number of carbonyl (C=O) groups excluding carboxylic acids is 1. The Balaban J connectivity index is 1.61. The second-order valence-corrected chi connectivity index (χ2v) is 5.61. The van der Waals surface area contributed by atoms with Gasteiger partial charge in [0.1, 0.15) is 11.6 Å². The highest BCUT2D eigenvalue weighted by molar-refractivity contribution is 5.81. The second-order valence-electron chi connectivity index (χ2n) is 5.61. The van der Waals surface area contributed by atoms with Crippen LogP contribution in [0.4, 0.5) is 10.1 Å². The molecule has 0 fully saturated rings. The van der Waals surface area contributed by atoms with Crippen molar-refractivity contribution in [2.45, 2.75) is 19.4 Å². The number of hydrogen-bond acceptors (Lipinski definition) is 3. The Kier molecular flexibility index (Phi) is 4.46. The fourth-order valence-electron chi connectivity index (χ4n) is 2.70. The zero-order valence-electron chi connectivity index (χ0n) is 12.9. The number of rotatable bonds is 4. The van der Waals surface area contributed by atoms with Gasteiger partial charge in [-0.05, 0) is 30.7 Å². The van der Waals surface area contributed by atoms with Crippen molar-refractivity contribution >= 4 is 11.6 Å². The maximum absolute atomic E-state index is 13.3. The first kappa shape index (κ1) is 15.3. The molecule has 1 amide bonds. The molecule has 23 heavy (non-hydrogen) atoms. The highest BCUT2D eigenvalue weighted by Crippen LogP contribution is 2.31. The van der Waals surface area contributed by atoms with Crippen LogP contribution in [-0.4, -0.2) is 19.1 Å². The lowest BCUT2D eigenvalue weighted by molar-refractivity contribution is -0.120. The zero-order valence-corrected chi connectivity index (χ0v) is 12.9. The molecule has 1 atom stereocenters. The summed E-state index contributed by atoms with van der Waals surface area (Å²) < 4.78 is 18.8. The van der Waals surface area contributed by atoms with Crippen LogP contribution < -0.4 is 15.4 Å². The van der Waals surface area contributed by atoms with E-state index >= 15 is 0 Å². The lowest BCUT2D eigenvalue weighted by atomic mass is 10.0. The van der Waals surface area contributed by atoms with Crippen molar-refractivity contribution in [2.24, 2.45) is 0 Å². The minimum atomic E-state index is -0.322. The fraction of sp³-hybridized carbons (Fsp3) is 0.278. The van der Waals surface area contributed by atoms with Crippen LogP contribution >= 0.6 is 0 Å². The van der Waals surface area contributed by atoms with Gasteiger partial charge in [-0.1, -0.05) is 24.3 Å². The van der Waals surface area contributed by atoms with Crippen LogP contribution in [0.3, 0.4) is 0 Å². The SMILES string of the molecule is Cc1ccc(F)cc1NCC(=O)NC1CCOc2ccccc21. The van der Waals surface area contributed by atoms with Crippen LogP contribution in [0, 0.1) is 12.7 Å². The van der Waals surface area contributed by atoms with E-state index in [1.807, 2.05) is 31.2 Å². The topological polar surface area (TPSA) is 50.4 Å². The summed E-state index contributed by atoms with van der Waals surface area (Å²) in [5.41, 5.74) is 2.53. The van der Waals surface area contributed by atoms with Crippen molar-refractivity contribution in [3.05, 3.63) is 59.4 Å². The molecule has 1 aliphatic rings. The van der Waals surface area contributed by atoms with Crippen LogP contribution in [0.5, 0.6) is 5.75 Å². The summed E-state index contributed by atoms with van der Waals surface area (Å²) in [6, 6.07) is 12.1. The number of carbonyl (C=O) groups is 1. The van der Waals surface area contributed by atoms with E-state index in [1.165, 1.54) is 12.1 Å². The Morgan fingerprint density at radius 1 is 1.30 bits per heavy atom. The molecule has 0 spiro atoms. The third-order valence-corrected chi connectivity index (χ3v) is 3.93. The largest absolute Gasteiger partial charge is 0.493 e. The number of aryl methyl sites for hydroxylation is 1. The Hall–Kier alpha value is -2.56. The molecular weight excluding hydrogens is 295 g/mol. The van der Waals surface area contributed by atoms with E-state index in [1.54, 1.807) is 6.07 Å². The maximum Gasteiger partial charge on any atom is 0.239 e. The lowest BCUT2D eigenvalue weighted by Crippen LogP contribution is -2.35. The molecular formula is C18H19FN2O2. The molecule has 1 unspecified atom stereocenters. The van der Waals surface area contributed by atoms with Gasteiger partial charge >= 0.3 is 0 Å². The number of anilines is 1. The Bertz CT molecular complexity index is 718. The van der Waals surface area contributed by atoms with Gasteiger partial charge in [0.15, 0.2) is 0 Å². The number of para-hydroxylation sites is 1. The molecule has 2 aromatic rings. The molecule has 0 radical (unpaired) electrons. The Morgan fingerprint density at radius 3 is 3.00 bits per heavy atom. The molecule has 0 saturated carbocycles. The molecule has 0 saturated heterocycles. The normalized spacial score (nSPS) is 16.2. The van der Waals surface area contributed by atoms with Crippen molar-refractivity contribution in [1.82, 2.24) is 5.32 Å². The summed E-state index contributed by atoms with van der Waals surface area (Å²) in [5.74, 6) is 0.366. The number of nitrogens with one attached hydrogen (secondary N) is 2. The van der Waals surface area contributed by atoms with Crippen molar-refractivity contribution in [3.8, 4) is 5.75 Å². The van der Waals surface area contributed by atoms with Crippen molar-refractivity contribution in [3.63, 3.8) is 0 Å². The molecule has 3 rings (SSSR count). The van der Waals surface area contributed by atoms with Gasteiger partial charge in [0.05, 0.1) is 19.2 Å². The molecule has 2 N–H and O–H groups in total. The highest BCUT2D eigenvalue weighted by Gasteiger charge is 2.22. The number of hydrogen-bond donors (Lipinski definition) is 2. The van der Waals surface area contributed by atoms with Crippen LogP contribution in [0.2, 0.25) is 0 Å². The fourth-order valence-corrected chi connectivity index (χ4v) is 2.70. The second kappa shape index (κ2) is 6.69. The molecule has 1 heterocycles. The summed E-state index contributed by atoms with van der Waals surface area (Å²) in [7, 11) is 0. The predicted molar refractivity (Wildman–Crippen MR) is 87.1 cm³/mol. The third-order valence-electron chi connectivity index (χ3n) is 3.93. The van der Waals surface area contributed by atoms with Crippen LogP contribution in [-0.2, 0) is 4.79 Å². The van der Waals surface area contributed by atoms with Crippen LogP contribution in [0.15, 0.2) is 42.5 Å². The number of benzene rings is 2. The molecule has 2 aromatic carbocycles. The highest BCUT2D eigenvalue weighted by atomic mass is 19.1. The summed E-state index contributed by atoms with van der Waals surface area (Å²) >= 11 is 0. The first-order valence-corrected chi connectivity index (χ1v) is 7.64. The summed E-state index contributed by atoms with van der Waals surface area (Å²) in [6.07, 6.45) is 0.738. The molecule has 1 aliphatic heterocycles. The van der Waals surface area contributed by atoms with Gasteiger partial charge in [0.25, 0.3) is 0 Å². The van der Waals surface area contributed by atoms with Gasteiger partial charge in [0.2, 0.25) is 5.91 Å². The van der Waals surface area contributed by atoms with Crippen molar-refractivity contribution in [2.75, 3.05) is 18.5 Å². The van der Waals surface area contributed by atoms with E-state index in [0.717, 1.165) is 23.3 Å². The van der Waals surface area contributed by atoms with Crippen molar-refractivity contribution in [1.29, 1.82) is 0 Å². The van der Waals surface area contributed by atoms with E-state index in [2.05, 4.69) is 10.6 Å². The maximum atomic E-state index is 13.3. The van der Waals surface area contributed by atoms with E-state index in [-0.39, 0.29) is 24.3 Å². The van der Waals surface area contributed by atoms with Crippen molar-refractivity contribution < 1.29 is 13.9 Å². The first-order chi connectivity index (χ1) is 11.1. The average molecular weight is 314 g/mol. The van der Waals surface area contributed by atoms with E-state index in [9.17, 15) is 9.18 Å². The van der Waals surface area contributed by atoms with Gasteiger partial charge in [-0.25, -0.2) is 4.39 Å². The lowest BCUT2D eigenvalue weighted by Gasteiger charge is -2.26. The van der Waals surface area contributed by atoms with Gasteiger partial charge < -0.3 is 15.4 Å². The zero-order chi connectivity index (χ0) is 16.2. The van der Waals surface area contributed by atoms with Gasteiger partial charge in [-0.3, -0.25) is 4.79 Å². The predicted octanol–water partition coefficient (Wildman–Crippen LogP) is 3.19. The number of halogens is 1. The summed E-state index contributed by atoms with van der Waals surface area (Å²) in [5, 5.41) is 5.99. The third kappa shape index (κ3) is 3.62. The molecule has 0 aromatic heterocycles. The minimum Gasteiger partial charge on any atom is -0.493 e. The van der Waals surface area contributed by atoms with E-state index in [0.29, 0.717) is 12.3 Å². The molecule has 0 aliphatic carbocycles. The molecule has 5 heteroatoms. The summed E-state index contributed by atoms with van der Waals surface area (Å²) in [6.45, 7) is 2.55. The standard InChI is InChI=1S/C18H19FN2O2/c1-12-6-7-13(19)10-16(12)20-11-18(22)21-15-8-9-23-17-5-3-2-4-14(15)17/h2-7,10,15,20H,8-9,11H2,1H3,(H,21,22). The van der Waals surface area contributed by atoms with Crippen LogP contribution in [0.1, 0.15) is 23.6 Å². The molecule has 0 bridgehead atoms. The van der Waals surface area contributed by atoms with E-state index in [4.69, 9.17) is 4.74 Å². The first-order valence-electron chi connectivity index (χ1n) is 7.64. The Morgan fingerprint density at radius 2 is 2.13 bits per heavy atom.